The molecule has 1 heterocycles. The third-order valence-electron chi connectivity index (χ3n) is 3.23. The van der Waals surface area contributed by atoms with Crippen molar-refractivity contribution in [3.8, 4) is 0 Å². The van der Waals surface area contributed by atoms with Gasteiger partial charge in [0.25, 0.3) is 0 Å². The average Bonchev–Trinajstić information content (AvgIpc) is 2.69. The Morgan fingerprint density at radius 2 is 2.04 bits per heavy atom. The van der Waals surface area contributed by atoms with E-state index in [9.17, 15) is 9.18 Å². The quantitative estimate of drug-likeness (QED) is 0.775. The minimum atomic E-state index is -0.685. The molecule has 7 heteroatoms. The summed E-state index contributed by atoms with van der Waals surface area (Å²) in [5.74, 6) is -0.685. The number of carbonyl (C=O) groups is 1. The van der Waals surface area contributed by atoms with Crippen LogP contribution in [0.1, 0.15) is 32.8 Å². The molecule has 0 bridgehead atoms. The van der Waals surface area contributed by atoms with Crippen molar-refractivity contribution < 1.29 is 18.7 Å². The van der Waals surface area contributed by atoms with Crippen molar-refractivity contribution in [2.24, 2.45) is 0 Å². The van der Waals surface area contributed by atoms with Gasteiger partial charge in [-0.2, -0.15) is 0 Å². The van der Waals surface area contributed by atoms with Gasteiger partial charge in [-0.25, -0.2) is 9.18 Å². The third-order valence-corrected chi connectivity index (χ3v) is 3.23. The standard InChI is InChI=1S/C16H22FN3O3/c1-16(2,3)23-15(21)20-7-4-8-22-9-12(20)10-5-6-11(18)14(19)13(10)17/h5-6,9H,4,7-8,18-19H2,1-3H3. The summed E-state index contributed by atoms with van der Waals surface area (Å²) in [6.07, 6.45) is 1.39. The van der Waals surface area contributed by atoms with Crippen LogP contribution < -0.4 is 11.5 Å². The van der Waals surface area contributed by atoms with Crippen LogP contribution in [0.25, 0.3) is 5.70 Å². The smallest absolute Gasteiger partial charge is 0.414 e. The molecule has 0 radical (unpaired) electrons. The second-order valence-electron chi connectivity index (χ2n) is 6.29. The number of benzene rings is 1. The van der Waals surface area contributed by atoms with Crippen LogP contribution in [0.4, 0.5) is 20.6 Å². The number of nitrogen functional groups attached to an aromatic ring is 2. The molecular formula is C16H22FN3O3. The van der Waals surface area contributed by atoms with Crippen molar-refractivity contribution in [1.29, 1.82) is 0 Å². The maximum absolute atomic E-state index is 14.5. The molecule has 1 aliphatic rings. The van der Waals surface area contributed by atoms with Crippen molar-refractivity contribution in [2.45, 2.75) is 32.8 Å². The first-order valence-corrected chi connectivity index (χ1v) is 7.37. The van der Waals surface area contributed by atoms with E-state index in [2.05, 4.69) is 0 Å². The van der Waals surface area contributed by atoms with Gasteiger partial charge in [0.05, 0.1) is 23.7 Å². The average molecular weight is 323 g/mol. The fourth-order valence-electron chi connectivity index (χ4n) is 2.15. The number of hydrogen-bond acceptors (Lipinski definition) is 5. The highest BCUT2D eigenvalue weighted by atomic mass is 19.1. The zero-order valence-electron chi connectivity index (χ0n) is 13.6. The molecule has 0 saturated heterocycles. The van der Waals surface area contributed by atoms with Crippen molar-refractivity contribution in [3.05, 3.63) is 29.8 Å². The highest BCUT2D eigenvalue weighted by Gasteiger charge is 2.29. The molecule has 0 aliphatic carbocycles. The lowest BCUT2D eigenvalue weighted by atomic mass is 10.1. The topological polar surface area (TPSA) is 90.8 Å². The molecule has 0 fully saturated rings. The van der Waals surface area contributed by atoms with Crippen molar-refractivity contribution in [1.82, 2.24) is 4.90 Å². The van der Waals surface area contributed by atoms with Crippen molar-refractivity contribution >= 4 is 23.2 Å². The number of rotatable bonds is 1. The van der Waals surface area contributed by atoms with Crippen LogP contribution in [0.15, 0.2) is 18.4 Å². The lowest BCUT2D eigenvalue weighted by Gasteiger charge is -2.28. The van der Waals surface area contributed by atoms with Gasteiger partial charge in [0, 0.05) is 12.1 Å². The predicted molar refractivity (Wildman–Crippen MR) is 86.7 cm³/mol. The molecule has 2 rings (SSSR count). The normalized spacial score (nSPS) is 15.5. The van der Waals surface area contributed by atoms with Gasteiger partial charge in [0.15, 0.2) is 5.82 Å². The lowest BCUT2D eigenvalue weighted by molar-refractivity contribution is 0.0354. The highest BCUT2D eigenvalue weighted by molar-refractivity contribution is 5.84. The SMILES string of the molecule is CC(C)(C)OC(=O)N1CCCOC=C1c1ccc(N)c(N)c1F. The lowest BCUT2D eigenvalue weighted by Crippen LogP contribution is -2.36. The zero-order chi connectivity index (χ0) is 17.2. The largest absolute Gasteiger partial charge is 0.499 e. The Kier molecular flexibility index (Phi) is 4.68. The fourth-order valence-corrected chi connectivity index (χ4v) is 2.15. The van der Waals surface area contributed by atoms with Crippen LogP contribution in [0.2, 0.25) is 0 Å². The predicted octanol–water partition coefficient (Wildman–Crippen LogP) is 2.95. The Labute approximate surface area is 134 Å². The summed E-state index contributed by atoms with van der Waals surface area (Å²) in [7, 11) is 0. The molecule has 1 aliphatic heterocycles. The van der Waals surface area contributed by atoms with Gasteiger partial charge in [-0.3, -0.25) is 4.90 Å². The number of hydrogen-bond donors (Lipinski definition) is 2. The number of anilines is 2. The maximum Gasteiger partial charge on any atom is 0.414 e. The number of ether oxygens (including phenoxy) is 2. The fraction of sp³-hybridized carbons (Fsp3) is 0.438. The summed E-state index contributed by atoms with van der Waals surface area (Å²) < 4.78 is 25.2. The van der Waals surface area contributed by atoms with Crippen LogP contribution in [-0.2, 0) is 9.47 Å². The van der Waals surface area contributed by atoms with Gasteiger partial charge in [0.1, 0.15) is 11.9 Å². The van der Waals surface area contributed by atoms with Gasteiger partial charge < -0.3 is 20.9 Å². The minimum Gasteiger partial charge on any atom is -0.499 e. The molecule has 0 atom stereocenters. The van der Waals surface area contributed by atoms with Crippen LogP contribution in [0.5, 0.6) is 0 Å². The number of amides is 1. The van der Waals surface area contributed by atoms with Crippen molar-refractivity contribution in [2.75, 3.05) is 24.6 Å². The first kappa shape index (κ1) is 16.9. The zero-order valence-corrected chi connectivity index (χ0v) is 13.6. The van der Waals surface area contributed by atoms with E-state index in [4.69, 9.17) is 20.9 Å². The molecule has 0 saturated carbocycles. The summed E-state index contributed by atoms with van der Waals surface area (Å²) in [4.78, 5) is 13.8. The molecule has 23 heavy (non-hydrogen) atoms. The Balaban J connectivity index is 2.42. The molecule has 4 N–H and O–H groups in total. The molecule has 1 aromatic rings. The number of nitrogens with two attached hydrogens (primary N) is 2. The second-order valence-corrected chi connectivity index (χ2v) is 6.29. The van der Waals surface area contributed by atoms with E-state index in [0.717, 1.165) is 0 Å². The van der Waals surface area contributed by atoms with E-state index in [1.807, 2.05) is 0 Å². The first-order chi connectivity index (χ1) is 10.7. The Bertz CT molecular complexity index is 638. The van der Waals surface area contributed by atoms with Crippen LogP contribution in [0.3, 0.4) is 0 Å². The summed E-state index contributed by atoms with van der Waals surface area (Å²) >= 11 is 0. The second kappa shape index (κ2) is 6.36. The van der Waals surface area contributed by atoms with E-state index < -0.39 is 17.5 Å². The maximum atomic E-state index is 14.5. The van der Waals surface area contributed by atoms with E-state index in [1.165, 1.54) is 23.3 Å². The molecule has 126 valence electrons. The van der Waals surface area contributed by atoms with Crippen LogP contribution in [-0.4, -0.2) is 29.7 Å². The van der Waals surface area contributed by atoms with Gasteiger partial charge in [-0.05, 0) is 39.3 Å². The van der Waals surface area contributed by atoms with Gasteiger partial charge >= 0.3 is 6.09 Å². The number of halogens is 1. The number of carbonyl (C=O) groups excluding carboxylic acids is 1. The van der Waals surface area contributed by atoms with E-state index in [-0.39, 0.29) is 22.6 Å². The summed E-state index contributed by atoms with van der Waals surface area (Å²) in [6.45, 7) is 6.08. The third kappa shape index (κ3) is 3.85. The Morgan fingerprint density at radius 3 is 2.70 bits per heavy atom. The monoisotopic (exact) mass is 323 g/mol. The van der Waals surface area contributed by atoms with Crippen LogP contribution >= 0.6 is 0 Å². The van der Waals surface area contributed by atoms with Gasteiger partial charge in [-0.1, -0.05) is 0 Å². The van der Waals surface area contributed by atoms with Gasteiger partial charge in [-0.15, -0.1) is 0 Å². The number of nitrogens with zero attached hydrogens (tertiary/aromatic N) is 1. The minimum absolute atomic E-state index is 0.143. The first-order valence-electron chi connectivity index (χ1n) is 7.37. The van der Waals surface area contributed by atoms with E-state index in [1.54, 1.807) is 20.8 Å². The summed E-state index contributed by atoms with van der Waals surface area (Å²) in [5, 5.41) is 0. The molecule has 0 spiro atoms. The Hall–Kier alpha value is -2.44. The summed E-state index contributed by atoms with van der Waals surface area (Å²) in [5.41, 5.74) is 11.0. The molecular weight excluding hydrogens is 301 g/mol. The molecule has 6 nitrogen and oxygen atoms in total. The molecule has 0 aromatic heterocycles. The summed E-state index contributed by atoms with van der Waals surface area (Å²) in [6, 6.07) is 2.96. The van der Waals surface area contributed by atoms with E-state index in [0.29, 0.717) is 19.6 Å². The Morgan fingerprint density at radius 1 is 1.35 bits per heavy atom. The molecule has 1 aromatic carbocycles. The van der Waals surface area contributed by atoms with Crippen molar-refractivity contribution in [3.63, 3.8) is 0 Å². The van der Waals surface area contributed by atoms with E-state index >= 15 is 0 Å². The highest BCUT2D eigenvalue weighted by Crippen LogP contribution is 2.31. The molecule has 0 unspecified atom stereocenters. The molecule has 1 amide bonds. The van der Waals surface area contributed by atoms with Gasteiger partial charge in [0.2, 0.25) is 0 Å². The van der Waals surface area contributed by atoms with Crippen LogP contribution in [0, 0.1) is 5.82 Å².